The van der Waals surface area contributed by atoms with Crippen LogP contribution < -0.4 is 14.8 Å². The number of methoxy groups -OCH3 is 1. The molecule has 0 saturated heterocycles. The van der Waals surface area contributed by atoms with Crippen molar-refractivity contribution in [3.63, 3.8) is 0 Å². The van der Waals surface area contributed by atoms with Crippen molar-refractivity contribution in [2.24, 2.45) is 0 Å². The second-order valence-corrected chi connectivity index (χ2v) is 8.98. The molecule has 0 spiro atoms. The van der Waals surface area contributed by atoms with Crippen LogP contribution in [0.3, 0.4) is 0 Å². The molecule has 0 bridgehead atoms. The molecule has 4 aromatic carbocycles. The second kappa shape index (κ2) is 13.8. The van der Waals surface area contributed by atoms with Gasteiger partial charge in [0.1, 0.15) is 25.1 Å². The molecule has 4 aromatic rings. The van der Waals surface area contributed by atoms with E-state index in [1.165, 1.54) is 31.4 Å². The number of hydrogen-bond donors (Lipinski definition) is 1. The molecule has 0 saturated carbocycles. The summed E-state index contributed by atoms with van der Waals surface area (Å²) < 4.78 is 30.3. The minimum atomic E-state index is -0.916. The third kappa shape index (κ3) is 8.43. The lowest BCUT2D eigenvalue weighted by atomic mass is 10.0. The molecule has 0 unspecified atom stereocenters. The highest BCUT2D eigenvalue weighted by Gasteiger charge is 2.23. The van der Waals surface area contributed by atoms with Gasteiger partial charge in [-0.3, -0.25) is 4.79 Å². The summed E-state index contributed by atoms with van der Waals surface area (Å²) >= 11 is 0. The zero-order valence-corrected chi connectivity index (χ0v) is 21.6. The van der Waals surface area contributed by atoms with E-state index in [0.717, 1.165) is 16.7 Å². The fourth-order valence-corrected chi connectivity index (χ4v) is 3.99. The number of esters is 1. The first-order valence-electron chi connectivity index (χ1n) is 12.6. The smallest absolute Gasteiger partial charge is 0.328 e. The molecule has 0 radical (unpaired) electrons. The highest BCUT2D eigenvalue weighted by Crippen LogP contribution is 2.30. The predicted octanol–water partition coefficient (Wildman–Crippen LogP) is 5.43. The Kier molecular flexibility index (Phi) is 9.67. The van der Waals surface area contributed by atoms with Crippen LogP contribution in [0.5, 0.6) is 11.5 Å². The summed E-state index contributed by atoms with van der Waals surface area (Å²) in [5.74, 6) is -0.242. The molecule has 0 aromatic heterocycles. The van der Waals surface area contributed by atoms with Gasteiger partial charge in [0.05, 0.1) is 13.5 Å². The SMILES string of the molecule is COC(=O)[C@@H](Cc1ccc(OCc2ccccc2)c(OCc2ccccc2)c1)NC(=O)Cc1ccc(F)cc1. The lowest BCUT2D eigenvalue weighted by Crippen LogP contribution is -2.43. The van der Waals surface area contributed by atoms with Gasteiger partial charge in [-0.2, -0.15) is 0 Å². The lowest BCUT2D eigenvalue weighted by Gasteiger charge is -2.19. The van der Waals surface area contributed by atoms with E-state index >= 15 is 0 Å². The average Bonchev–Trinajstić information content (AvgIpc) is 2.97. The van der Waals surface area contributed by atoms with Crippen molar-refractivity contribution in [3.8, 4) is 11.5 Å². The van der Waals surface area contributed by atoms with Gasteiger partial charge in [0, 0.05) is 6.42 Å². The van der Waals surface area contributed by atoms with Crippen molar-refractivity contribution in [1.29, 1.82) is 0 Å². The summed E-state index contributed by atoms with van der Waals surface area (Å²) in [6.07, 6.45) is 0.188. The van der Waals surface area contributed by atoms with E-state index in [-0.39, 0.29) is 24.6 Å². The van der Waals surface area contributed by atoms with Crippen LogP contribution in [-0.4, -0.2) is 25.0 Å². The molecular weight excluding hydrogens is 497 g/mol. The summed E-state index contributed by atoms with van der Waals surface area (Å²) in [4.78, 5) is 25.2. The van der Waals surface area contributed by atoms with Gasteiger partial charge in [0.15, 0.2) is 11.5 Å². The maximum atomic E-state index is 13.2. The van der Waals surface area contributed by atoms with Crippen LogP contribution in [0.2, 0.25) is 0 Å². The first-order chi connectivity index (χ1) is 19.0. The Bertz CT molecular complexity index is 1360. The molecule has 6 nitrogen and oxygen atoms in total. The molecule has 1 N–H and O–H groups in total. The summed E-state index contributed by atoms with van der Waals surface area (Å²) in [7, 11) is 1.27. The molecule has 0 aliphatic heterocycles. The maximum Gasteiger partial charge on any atom is 0.328 e. The molecule has 39 heavy (non-hydrogen) atoms. The molecule has 1 atom stereocenters. The molecule has 0 heterocycles. The molecular formula is C32H30FNO5. The molecule has 0 aliphatic carbocycles. The van der Waals surface area contributed by atoms with Crippen molar-refractivity contribution in [3.05, 3.63) is 131 Å². The number of hydrogen-bond acceptors (Lipinski definition) is 5. The van der Waals surface area contributed by atoms with Crippen LogP contribution in [0.4, 0.5) is 4.39 Å². The Hall–Kier alpha value is -4.65. The lowest BCUT2D eigenvalue weighted by molar-refractivity contribution is -0.145. The van der Waals surface area contributed by atoms with Crippen LogP contribution in [-0.2, 0) is 40.4 Å². The highest BCUT2D eigenvalue weighted by atomic mass is 19.1. The average molecular weight is 528 g/mol. The highest BCUT2D eigenvalue weighted by molar-refractivity contribution is 5.85. The second-order valence-electron chi connectivity index (χ2n) is 8.98. The Morgan fingerprint density at radius 1 is 0.718 bits per heavy atom. The van der Waals surface area contributed by atoms with E-state index in [1.54, 1.807) is 6.07 Å². The third-order valence-electron chi connectivity index (χ3n) is 6.02. The van der Waals surface area contributed by atoms with E-state index in [1.807, 2.05) is 72.8 Å². The predicted molar refractivity (Wildman–Crippen MR) is 146 cm³/mol. The largest absolute Gasteiger partial charge is 0.485 e. The van der Waals surface area contributed by atoms with Gasteiger partial charge in [-0.05, 0) is 46.5 Å². The monoisotopic (exact) mass is 527 g/mol. The van der Waals surface area contributed by atoms with E-state index < -0.39 is 12.0 Å². The topological polar surface area (TPSA) is 73.9 Å². The Morgan fingerprint density at radius 2 is 1.28 bits per heavy atom. The Labute approximate surface area is 227 Å². The van der Waals surface area contributed by atoms with Crippen molar-refractivity contribution in [2.75, 3.05) is 7.11 Å². The van der Waals surface area contributed by atoms with Crippen molar-refractivity contribution >= 4 is 11.9 Å². The molecule has 4 rings (SSSR count). The standard InChI is InChI=1S/C32H30FNO5/c1-37-32(36)28(34-31(35)20-23-12-15-27(33)16-13-23)18-26-14-17-29(38-21-24-8-4-2-5-9-24)30(19-26)39-22-25-10-6-3-7-11-25/h2-17,19,28H,18,20-22H2,1H3,(H,34,35)/t28-/m1/s1. The molecule has 1 amide bonds. The summed E-state index contributed by atoms with van der Waals surface area (Å²) in [6.45, 7) is 0.701. The van der Waals surface area contributed by atoms with Gasteiger partial charge in [-0.25, -0.2) is 9.18 Å². The Balaban J connectivity index is 1.49. The number of nitrogens with one attached hydrogen (secondary N) is 1. The zero-order valence-electron chi connectivity index (χ0n) is 21.6. The van der Waals surface area contributed by atoms with Gasteiger partial charge >= 0.3 is 5.97 Å². The number of amides is 1. The third-order valence-corrected chi connectivity index (χ3v) is 6.02. The van der Waals surface area contributed by atoms with Crippen molar-refractivity contribution in [1.82, 2.24) is 5.32 Å². The molecule has 7 heteroatoms. The van der Waals surface area contributed by atoms with Crippen LogP contribution in [0.25, 0.3) is 0 Å². The van der Waals surface area contributed by atoms with Crippen LogP contribution in [0.1, 0.15) is 22.3 Å². The first kappa shape index (κ1) is 27.4. The van der Waals surface area contributed by atoms with Crippen molar-refractivity contribution < 1.29 is 28.2 Å². The quantitative estimate of drug-likeness (QED) is 0.249. The van der Waals surface area contributed by atoms with Crippen molar-refractivity contribution in [2.45, 2.75) is 32.1 Å². The molecule has 0 aliphatic rings. The number of benzene rings is 4. The van der Waals surface area contributed by atoms with E-state index in [2.05, 4.69) is 5.32 Å². The van der Waals surface area contributed by atoms with Crippen LogP contribution in [0, 0.1) is 5.82 Å². The molecule has 0 fully saturated rings. The number of halogens is 1. The van der Waals surface area contributed by atoms with Gasteiger partial charge in [0.2, 0.25) is 5.91 Å². The maximum absolute atomic E-state index is 13.2. The minimum absolute atomic E-state index is 0.00543. The van der Waals surface area contributed by atoms with Crippen LogP contribution >= 0.6 is 0 Å². The number of ether oxygens (including phenoxy) is 3. The van der Waals surface area contributed by atoms with E-state index in [4.69, 9.17) is 14.2 Å². The minimum Gasteiger partial charge on any atom is -0.485 e. The summed E-state index contributed by atoms with van der Waals surface area (Å²) in [6, 6.07) is 29.7. The Morgan fingerprint density at radius 3 is 1.87 bits per heavy atom. The normalized spacial score (nSPS) is 11.3. The van der Waals surface area contributed by atoms with Gasteiger partial charge < -0.3 is 19.5 Å². The van der Waals surface area contributed by atoms with Gasteiger partial charge in [0.25, 0.3) is 0 Å². The van der Waals surface area contributed by atoms with E-state index in [9.17, 15) is 14.0 Å². The molecule has 200 valence electrons. The fraction of sp³-hybridized carbons (Fsp3) is 0.188. The van der Waals surface area contributed by atoms with Gasteiger partial charge in [-0.1, -0.05) is 78.9 Å². The van der Waals surface area contributed by atoms with E-state index in [0.29, 0.717) is 30.3 Å². The summed E-state index contributed by atoms with van der Waals surface area (Å²) in [5.41, 5.74) is 3.40. The zero-order chi connectivity index (χ0) is 27.5. The number of carbonyl (C=O) groups excluding carboxylic acids is 2. The fourth-order valence-electron chi connectivity index (χ4n) is 3.99. The van der Waals surface area contributed by atoms with Gasteiger partial charge in [-0.15, -0.1) is 0 Å². The van der Waals surface area contributed by atoms with Crippen LogP contribution in [0.15, 0.2) is 103 Å². The summed E-state index contributed by atoms with van der Waals surface area (Å²) in [5, 5.41) is 2.74. The first-order valence-corrected chi connectivity index (χ1v) is 12.6. The number of carbonyl (C=O) groups is 2. The number of rotatable bonds is 12.